The maximum absolute atomic E-state index is 5.02. The van der Waals surface area contributed by atoms with Crippen LogP contribution in [0.4, 0.5) is 22.7 Å². The summed E-state index contributed by atoms with van der Waals surface area (Å²) < 4.78 is 4.60. The molecule has 0 bridgehead atoms. The molecule has 9 rings (SSSR count). The lowest BCUT2D eigenvalue weighted by atomic mass is 10.0. The van der Waals surface area contributed by atoms with E-state index in [1.807, 2.05) is 6.07 Å². The van der Waals surface area contributed by atoms with Gasteiger partial charge in [0.15, 0.2) is 0 Å². The van der Waals surface area contributed by atoms with Gasteiger partial charge in [0.05, 0.1) is 33.4 Å². The van der Waals surface area contributed by atoms with E-state index in [0.717, 1.165) is 40.5 Å². The molecule has 0 N–H and O–H groups in total. The Labute approximate surface area is 274 Å². The number of hydrogen-bond donors (Lipinski definition) is 0. The van der Waals surface area contributed by atoms with Crippen molar-refractivity contribution in [3.8, 4) is 17.1 Å². The molecule has 228 valence electrons. The minimum absolute atomic E-state index is 0.748. The molecule has 0 aliphatic carbocycles. The summed E-state index contributed by atoms with van der Waals surface area (Å²) in [5.74, 6) is 0.967. The van der Waals surface area contributed by atoms with Crippen molar-refractivity contribution in [3.05, 3.63) is 144 Å². The number of aryl methyl sites for hydroxylation is 4. The molecule has 0 unspecified atom stereocenters. The van der Waals surface area contributed by atoms with Gasteiger partial charge in [-0.1, -0.05) is 78.4 Å². The third-order valence-corrected chi connectivity index (χ3v) is 9.77. The fourth-order valence-electron chi connectivity index (χ4n) is 7.82. The molecular weight excluding hydrogens is 574 g/mol. The molecule has 0 fully saturated rings. The lowest BCUT2D eigenvalue weighted by molar-refractivity contribution is 0.959. The number of fused-ring (bicyclic) bond motifs is 5. The first kappa shape index (κ1) is 27.5. The molecule has 0 amide bonds. The molecule has 1 aliphatic heterocycles. The van der Waals surface area contributed by atoms with Gasteiger partial charge >= 0.3 is 0 Å². The highest BCUT2D eigenvalue weighted by molar-refractivity contribution is 6.10. The van der Waals surface area contributed by atoms with Crippen molar-refractivity contribution in [2.24, 2.45) is 7.05 Å². The van der Waals surface area contributed by atoms with Crippen LogP contribution in [0.1, 0.15) is 16.7 Å². The number of benzene rings is 6. The zero-order valence-electron chi connectivity index (χ0n) is 27.1. The molecule has 0 atom stereocenters. The molecule has 5 nitrogen and oxygen atoms in total. The molecule has 5 heteroatoms. The summed E-state index contributed by atoms with van der Waals surface area (Å²) in [6.45, 7) is 7.38. The topological polar surface area (TPSA) is 29.2 Å². The molecular formula is C42H35N5. The number of hydrogen-bond acceptors (Lipinski definition) is 3. The van der Waals surface area contributed by atoms with Crippen LogP contribution >= 0.6 is 0 Å². The fraction of sp³-hybridized carbons (Fsp3) is 0.119. The smallest absolute Gasteiger partial charge is 0.140 e. The summed E-state index contributed by atoms with van der Waals surface area (Å²) in [4.78, 5) is 9.93. The van der Waals surface area contributed by atoms with Gasteiger partial charge in [0.1, 0.15) is 12.5 Å². The van der Waals surface area contributed by atoms with Crippen molar-refractivity contribution in [2.75, 3.05) is 16.5 Å². The second-order valence-corrected chi connectivity index (χ2v) is 12.8. The largest absolute Gasteiger partial charge is 0.327 e. The first-order valence-corrected chi connectivity index (χ1v) is 16.2. The maximum Gasteiger partial charge on any atom is 0.140 e. The Morgan fingerprint density at radius 2 is 1.21 bits per heavy atom. The van der Waals surface area contributed by atoms with Crippen LogP contribution in [0.2, 0.25) is 0 Å². The van der Waals surface area contributed by atoms with E-state index >= 15 is 0 Å². The number of nitrogens with zero attached hydrogens (tertiary/aromatic N) is 5. The predicted octanol–water partition coefficient (Wildman–Crippen LogP) is 10.5. The first-order valence-electron chi connectivity index (χ1n) is 16.2. The van der Waals surface area contributed by atoms with Gasteiger partial charge in [-0.05, 0) is 86.5 Å². The van der Waals surface area contributed by atoms with Crippen LogP contribution in [0.25, 0.3) is 49.9 Å². The summed E-state index contributed by atoms with van der Waals surface area (Å²) in [5, 5.41) is 2.48. The van der Waals surface area contributed by atoms with Crippen LogP contribution in [0.3, 0.4) is 0 Å². The Morgan fingerprint density at radius 3 is 2.00 bits per heavy atom. The van der Waals surface area contributed by atoms with Crippen molar-refractivity contribution in [1.29, 1.82) is 0 Å². The highest BCUT2D eigenvalue weighted by atomic mass is 15.4. The number of rotatable bonds is 4. The summed E-state index contributed by atoms with van der Waals surface area (Å²) in [7, 11) is 2.10. The lowest BCUT2D eigenvalue weighted by Crippen LogP contribution is -2.25. The van der Waals surface area contributed by atoms with Crippen LogP contribution in [0, 0.1) is 20.8 Å². The standard InChI is InChI=1S/C42H35N5/c1-27-22-28(2)41(29(3)23-27)46-26-45(38-18-9-10-19-39(38)46)31-12-11-13-32(25-31)47-36-16-7-5-14-33(36)34-21-20-30(24-40(34)47)42-43-35-15-6-8-17-37(35)44(42)4/h5-25H,26H2,1-4H3. The Morgan fingerprint density at radius 1 is 0.553 bits per heavy atom. The second-order valence-electron chi connectivity index (χ2n) is 12.8. The van der Waals surface area contributed by atoms with E-state index in [4.69, 9.17) is 4.98 Å². The molecule has 1 aliphatic rings. The molecule has 0 radical (unpaired) electrons. The molecule has 0 saturated carbocycles. The Balaban J connectivity index is 1.20. The maximum atomic E-state index is 5.02. The highest BCUT2D eigenvalue weighted by Crippen LogP contribution is 2.46. The highest BCUT2D eigenvalue weighted by Gasteiger charge is 2.30. The number of imidazole rings is 1. The first-order chi connectivity index (χ1) is 23.0. The van der Waals surface area contributed by atoms with Gasteiger partial charge in [-0.2, -0.15) is 0 Å². The van der Waals surface area contributed by atoms with Gasteiger partial charge in [-0.15, -0.1) is 0 Å². The van der Waals surface area contributed by atoms with Crippen LogP contribution in [-0.4, -0.2) is 20.8 Å². The van der Waals surface area contributed by atoms with E-state index in [1.165, 1.54) is 55.6 Å². The summed E-state index contributed by atoms with van der Waals surface area (Å²) in [5.41, 5.74) is 15.5. The summed E-state index contributed by atoms with van der Waals surface area (Å²) in [6.07, 6.45) is 0. The van der Waals surface area contributed by atoms with Gasteiger partial charge in [0.2, 0.25) is 0 Å². The van der Waals surface area contributed by atoms with Gasteiger partial charge in [0.25, 0.3) is 0 Å². The average molecular weight is 610 g/mol. The third kappa shape index (κ3) is 4.20. The van der Waals surface area contributed by atoms with Crippen molar-refractivity contribution in [3.63, 3.8) is 0 Å². The minimum atomic E-state index is 0.748. The molecule has 3 heterocycles. The molecule has 8 aromatic rings. The second kappa shape index (κ2) is 10.4. The van der Waals surface area contributed by atoms with Crippen LogP contribution < -0.4 is 9.80 Å². The third-order valence-electron chi connectivity index (χ3n) is 9.77. The van der Waals surface area contributed by atoms with Crippen molar-refractivity contribution in [2.45, 2.75) is 20.8 Å². The summed E-state index contributed by atoms with van der Waals surface area (Å²) >= 11 is 0. The van der Waals surface area contributed by atoms with E-state index in [2.05, 4.69) is 168 Å². The normalized spacial score (nSPS) is 12.9. The van der Waals surface area contributed by atoms with E-state index in [0.29, 0.717) is 0 Å². The fourth-order valence-corrected chi connectivity index (χ4v) is 7.82. The van der Waals surface area contributed by atoms with Crippen molar-refractivity contribution < 1.29 is 0 Å². The van der Waals surface area contributed by atoms with Crippen LogP contribution in [-0.2, 0) is 7.05 Å². The van der Waals surface area contributed by atoms with Gasteiger partial charge in [-0.3, -0.25) is 0 Å². The number of anilines is 4. The molecule has 47 heavy (non-hydrogen) atoms. The Hall–Kier alpha value is -5.81. The monoisotopic (exact) mass is 609 g/mol. The Kier molecular flexibility index (Phi) is 6.06. The minimum Gasteiger partial charge on any atom is -0.327 e. The van der Waals surface area contributed by atoms with Crippen molar-refractivity contribution >= 4 is 55.6 Å². The molecule has 6 aromatic carbocycles. The van der Waals surface area contributed by atoms with Gasteiger partial charge in [-0.25, -0.2) is 4.98 Å². The number of para-hydroxylation sites is 5. The quantitative estimate of drug-likeness (QED) is 0.199. The lowest BCUT2D eigenvalue weighted by Gasteiger charge is -2.26. The zero-order chi connectivity index (χ0) is 31.8. The Bertz CT molecular complexity index is 2490. The molecule has 0 saturated heterocycles. The van der Waals surface area contributed by atoms with Gasteiger partial charge < -0.3 is 18.9 Å². The summed E-state index contributed by atoms with van der Waals surface area (Å²) in [6, 6.07) is 46.2. The van der Waals surface area contributed by atoms with E-state index in [-0.39, 0.29) is 0 Å². The van der Waals surface area contributed by atoms with Crippen molar-refractivity contribution in [1.82, 2.24) is 14.1 Å². The van der Waals surface area contributed by atoms with Gasteiger partial charge in [0, 0.05) is 40.4 Å². The predicted molar refractivity (Wildman–Crippen MR) is 197 cm³/mol. The van der Waals surface area contributed by atoms with E-state index in [1.54, 1.807) is 0 Å². The zero-order valence-corrected chi connectivity index (χ0v) is 27.1. The molecule has 0 spiro atoms. The van der Waals surface area contributed by atoms with E-state index < -0.39 is 0 Å². The van der Waals surface area contributed by atoms with Crippen LogP contribution in [0.15, 0.2) is 127 Å². The number of aromatic nitrogens is 3. The molecule has 2 aromatic heterocycles. The van der Waals surface area contributed by atoms with Crippen LogP contribution in [0.5, 0.6) is 0 Å². The SMILES string of the molecule is Cc1cc(C)c(N2CN(c3cccc(-n4c5ccccc5c5ccc(-c6nc7ccccc7n6C)cc54)c3)c3ccccc32)c(C)c1. The average Bonchev–Trinajstić information content (AvgIpc) is 3.74. The van der Waals surface area contributed by atoms with E-state index in [9.17, 15) is 0 Å².